The predicted molar refractivity (Wildman–Crippen MR) is 73.4 cm³/mol. The Morgan fingerprint density at radius 2 is 2.05 bits per heavy atom. The second kappa shape index (κ2) is 5.70. The number of amides is 1. The number of hydrogen-bond donors (Lipinski definition) is 1. The SMILES string of the molecule is N#Cc1ccc(NC(=O)c2ccc(Cl)cc2Cl)nc1. The second-order valence-electron chi connectivity index (χ2n) is 3.62. The number of benzene rings is 1. The van der Waals surface area contributed by atoms with Crippen molar-refractivity contribution in [3.05, 3.63) is 57.7 Å². The maximum absolute atomic E-state index is 12.0. The normalized spacial score (nSPS) is 9.74. The maximum atomic E-state index is 12.0. The second-order valence-corrected chi connectivity index (χ2v) is 4.47. The van der Waals surface area contributed by atoms with Crippen LogP contribution < -0.4 is 5.32 Å². The largest absolute Gasteiger partial charge is 0.307 e. The fourth-order valence-corrected chi connectivity index (χ4v) is 1.89. The lowest BCUT2D eigenvalue weighted by Gasteiger charge is -2.06. The first-order chi connectivity index (χ1) is 9.10. The van der Waals surface area contributed by atoms with Gasteiger partial charge in [-0.15, -0.1) is 0 Å². The predicted octanol–water partition coefficient (Wildman–Crippen LogP) is 3.51. The Hall–Kier alpha value is -2.09. The number of halogens is 2. The van der Waals surface area contributed by atoms with Gasteiger partial charge in [0.15, 0.2) is 0 Å². The van der Waals surface area contributed by atoms with Crippen LogP contribution in [0.5, 0.6) is 0 Å². The molecule has 0 spiro atoms. The lowest BCUT2D eigenvalue weighted by molar-refractivity contribution is 0.102. The molecule has 0 saturated heterocycles. The molecule has 1 aromatic heterocycles. The standard InChI is InChI=1S/C13H7Cl2N3O/c14-9-2-3-10(11(15)5-9)13(19)18-12-4-1-8(6-16)7-17-12/h1-5,7H,(H,17,18,19). The Labute approximate surface area is 119 Å². The van der Waals surface area contributed by atoms with Crippen molar-refractivity contribution in [3.8, 4) is 6.07 Å². The minimum absolute atomic E-state index is 0.263. The number of carbonyl (C=O) groups is 1. The van der Waals surface area contributed by atoms with E-state index in [0.717, 1.165) is 0 Å². The summed E-state index contributed by atoms with van der Waals surface area (Å²) < 4.78 is 0. The number of hydrogen-bond acceptors (Lipinski definition) is 3. The smallest absolute Gasteiger partial charge is 0.258 e. The number of pyridine rings is 1. The molecule has 0 aliphatic carbocycles. The van der Waals surface area contributed by atoms with Gasteiger partial charge >= 0.3 is 0 Å². The highest BCUT2D eigenvalue weighted by molar-refractivity contribution is 6.37. The van der Waals surface area contributed by atoms with Crippen molar-refractivity contribution in [2.45, 2.75) is 0 Å². The molecule has 0 atom stereocenters. The van der Waals surface area contributed by atoms with Crippen LogP contribution >= 0.6 is 23.2 Å². The lowest BCUT2D eigenvalue weighted by atomic mass is 10.2. The van der Waals surface area contributed by atoms with E-state index in [9.17, 15) is 4.79 Å². The van der Waals surface area contributed by atoms with E-state index in [0.29, 0.717) is 22.0 Å². The third-order valence-corrected chi connectivity index (χ3v) is 2.86. The van der Waals surface area contributed by atoms with E-state index in [1.54, 1.807) is 18.2 Å². The summed E-state index contributed by atoms with van der Waals surface area (Å²) in [5, 5.41) is 11.9. The monoisotopic (exact) mass is 291 g/mol. The van der Waals surface area contributed by atoms with Gasteiger partial charge in [-0.05, 0) is 30.3 Å². The molecular weight excluding hydrogens is 285 g/mol. The highest BCUT2D eigenvalue weighted by Gasteiger charge is 2.11. The highest BCUT2D eigenvalue weighted by Crippen LogP contribution is 2.21. The number of nitrogens with zero attached hydrogens (tertiary/aromatic N) is 2. The molecule has 0 aliphatic heterocycles. The molecule has 1 aromatic carbocycles. The summed E-state index contributed by atoms with van der Waals surface area (Å²) in [6.45, 7) is 0. The van der Waals surface area contributed by atoms with Gasteiger partial charge < -0.3 is 5.32 Å². The molecule has 0 radical (unpaired) electrons. The van der Waals surface area contributed by atoms with Crippen molar-refractivity contribution in [1.82, 2.24) is 4.98 Å². The van der Waals surface area contributed by atoms with Crippen molar-refractivity contribution < 1.29 is 4.79 Å². The Kier molecular flexibility index (Phi) is 4.00. The van der Waals surface area contributed by atoms with E-state index in [2.05, 4.69) is 10.3 Å². The Bertz CT molecular complexity index is 663. The summed E-state index contributed by atoms with van der Waals surface area (Å²) in [6, 6.07) is 9.65. The van der Waals surface area contributed by atoms with E-state index in [1.807, 2.05) is 6.07 Å². The summed E-state index contributed by atoms with van der Waals surface area (Å²) in [6.07, 6.45) is 1.37. The molecule has 1 amide bonds. The van der Waals surface area contributed by atoms with Crippen molar-refractivity contribution in [2.75, 3.05) is 5.32 Å². The molecule has 0 saturated carbocycles. The minimum Gasteiger partial charge on any atom is -0.307 e. The first-order valence-corrected chi connectivity index (χ1v) is 5.98. The van der Waals surface area contributed by atoms with E-state index in [1.165, 1.54) is 18.3 Å². The maximum Gasteiger partial charge on any atom is 0.258 e. The van der Waals surface area contributed by atoms with Crippen molar-refractivity contribution >= 4 is 34.9 Å². The van der Waals surface area contributed by atoms with Crippen molar-refractivity contribution in [2.24, 2.45) is 0 Å². The number of nitrogens with one attached hydrogen (secondary N) is 1. The van der Waals surface area contributed by atoms with Gasteiger partial charge in [0, 0.05) is 11.2 Å². The Morgan fingerprint density at radius 1 is 1.26 bits per heavy atom. The number of nitriles is 1. The third kappa shape index (κ3) is 3.22. The molecule has 6 heteroatoms. The van der Waals surface area contributed by atoms with E-state index < -0.39 is 0 Å². The fraction of sp³-hybridized carbons (Fsp3) is 0. The molecule has 0 bridgehead atoms. The number of carbonyl (C=O) groups excluding carboxylic acids is 1. The zero-order valence-electron chi connectivity index (χ0n) is 9.52. The zero-order chi connectivity index (χ0) is 13.8. The van der Waals surface area contributed by atoms with Gasteiger partial charge in [0.1, 0.15) is 11.9 Å². The molecule has 2 aromatic rings. The Balaban J connectivity index is 2.18. The summed E-state index contributed by atoms with van der Waals surface area (Å²) in [5.41, 5.74) is 0.722. The van der Waals surface area contributed by atoms with Gasteiger partial charge in [0.2, 0.25) is 0 Å². The van der Waals surface area contributed by atoms with Crippen LogP contribution in [0.25, 0.3) is 0 Å². The molecule has 0 fully saturated rings. The van der Waals surface area contributed by atoms with Crippen LogP contribution in [-0.2, 0) is 0 Å². The number of aromatic nitrogens is 1. The molecule has 1 N–H and O–H groups in total. The molecule has 1 heterocycles. The first kappa shape index (κ1) is 13.3. The van der Waals surface area contributed by atoms with Crippen LogP contribution in [0.2, 0.25) is 10.0 Å². The van der Waals surface area contributed by atoms with Gasteiger partial charge in [-0.1, -0.05) is 23.2 Å². The van der Waals surface area contributed by atoms with Crippen LogP contribution in [0.3, 0.4) is 0 Å². The molecule has 4 nitrogen and oxygen atoms in total. The summed E-state index contributed by atoms with van der Waals surface area (Å²) in [7, 11) is 0. The number of rotatable bonds is 2. The van der Waals surface area contributed by atoms with Gasteiger partial charge in [0.25, 0.3) is 5.91 Å². The Morgan fingerprint density at radius 3 is 2.63 bits per heavy atom. The quantitative estimate of drug-likeness (QED) is 0.921. The average molecular weight is 292 g/mol. The highest BCUT2D eigenvalue weighted by atomic mass is 35.5. The van der Waals surface area contributed by atoms with Crippen molar-refractivity contribution in [3.63, 3.8) is 0 Å². The summed E-state index contributed by atoms with van der Waals surface area (Å²) in [4.78, 5) is 15.9. The average Bonchev–Trinajstić information content (AvgIpc) is 2.39. The molecule has 0 unspecified atom stereocenters. The third-order valence-electron chi connectivity index (χ3n) is 2.31. The lowest BCUT2D eigenvalue weighted by Crippen LogP contribution is -2.13. The zero-order valence-corrected chi connectivity index (χ0v) is 11.0. The summed E-state index contributed by atoms with van der Waals surface area (Å²) >= 11 is 11.7. The van der Waals surface area contributed by atoms with Crippen LogP contribution in [0, 0.1) is 11.3 Å². The molecule has 94 valence electrons. The van der Waals surface area contributed by atoms with Gasteiger partial charge in [-0.25, -0.2) is 4.98 Å². The topological polar surface area (TPSA) is 65.8 Å². The van der Waals surface area contributed by atoms with E-state index in [4.69, 9.17) is 28.5 Å². The van der Waals surface area contributed by atoms with Gasteiger partial charge in [-0.3, -0.25) is 4.79 Å². The van der Waals surface area contributed by atoms with Crippen LogP contribution in [0.4, 0.5) is 5.82 Å². The van der Waals surface area contributed by atoms with Crippen LogP contribution in [0.1, 0.15) is 15.9 Å². The van der Waals surface area contributed by atoms with Gasteiger partial charge in [0.05, 0.1) is 16.1 Å². The van der Waals surface area contributed by atoms with Crippen LogP contribution in [-0.4, -0.2) is 10.9 Å². The minimum atomic E-state index is -0.390. The molecule has 0 aliphatic rings. The molecule has 19 heavy (non-hydrogen) atoms. The van der Waals surface area contributed by atoms with Gasteiger partial charge in [-0.2, -0.15) is 5.26 Å². The summed E-state index contributed by atoms with van der Waals surface area (Å²) in [5.74, 6) is -0.0473. The van der Waals surface area contributed by atoms with E-state index in [-0.39, 0.29) is 10.9 Å². The molecule has 2 rings (SSSR count). The van der Waals surface area contributed by atoms with Crippen LogP contribution in [0.15, 0.2) is 36.5 Å². The first-order valence-electron chi connectivity index (χ1n) is 5.22. The fourth-order valence-electron chi connectivity index (χ4n) is 1.39. The van der Waals surface area contributed by atoms with Crippen molar-refractivity contribution in [1.29, 1.82) is 5.26 Å². The number of anilines is 1. The van der Waals surface area contributed by atoms with E-state index >= 15 is 0 Å². The molecular formula is C13H7Cl2N3O.